The molecule has 0 aliphatic rings. The van der Waals surface area contributed by atoms with E-state index in [4.69, 9.17) is 5.11 Å². The summed E-state index contributed by atoms with van der Waals surface area (Å²) in [4.78, 5) is 15.3. The molecule has 1 aromatic carbocycles. The number of hydrogen-bond donors (Lipinski definition) is 3. The number of carbonyl (C=O) groups excluding carboxylic acids is 1. The normalized spacial score (nSPS) is 10.9. The Balaban J connectivity index is 1.91. The highest BCUT2D eigenvalue weighted by Crippen LogP contribution is 2.22. The number of aliphatic hydroxyl groups is 1. The van der Waals surface area contributed by atoms with Gasteiger partial charge in [0.05, 0.1) is 6.42 Å². The molecule has 2 aromatic rings. The van der Waals surface area contributed by atoms with Crippen molar-refractivity contribution in [3.8, 4) is 0 Å². The summed E-state index contributed by atoms with van der Waals surface area (Å²) < 4.78 is 0. The SMILES string of the molecule is Cc1[nH]c2ccccc2c1CC(=O)NCCCCCO. The van der Waals surface area contributed by atoms with Crippen LogP contribution in [0.2, 0.25) is 0 Å². The third-order valence-electron chi connectivity index (χ3n) is 3.52. The predicted molar refractivity (Wildman–Crippen MR) is 80.7 cm³/mol. The third-order valence-corrected chi connectivity index (χ3v) is 3.52. The second-order valence-electron chi connectivity index (χ2n) is 5.09. The summed E-state index contributed by atoms with van der Waals surface area (Å²) in [5.74, 6) is 0.0573. The molecule has 0 saturated heterocycles. The monoisotopic (exact) mass is 274 g/mol. The summed E-state index contributed by atoms with van der Waals surface area (Å²) in [7, 11) is 0. The fourth-order valence-electron chi connectivity index (χ4n) is 2.43. The van der Waals surface area contributed by atoms with Gasteiger partial charge in [0.2, 0.25) is 5.91 Å². The van der Waals surface area contributed by atoms with Gasteiger partial charge < -0.3 is 15.4 Å². The van der Waals surface area contributed by atoms with Gasteiger partial charge in [0.1, 0.15) is 0 Å². The van der Waals surface area contributed by atoms with Crippen LogP contribution in [0.5, 0.6) is 0 Å². The molecule has 108 valence electrons. The van der Waals surface area contributed by atoms with Gasteiger partial charge in [-0.1, -0.05) is 18.2 Å². The van der Waals surface area contributed by atoms with E-state index in [1.54, 1.807) is 0 Å². The van der Waals surface area contributed by atoms with Crippen LogP contribution in [-0.4, -0.2) is 29.1 Å². The van der Waals surface area contributed by atoms with Crippen LogP contribution in [0.3, 0.4) is 0 Å². The van der Waals surface area contributed by atoms with Gasteiger partial charge >= 0.3 is 0 Å². The molecule has 0 bridgehead atoms. The lowest BCUT2D eigenvalue weighted by Gasteiger charge is -2.05. The zero-order valence-electron chi connectivity index (χ0n) is 11.9. The van der Waals surface area contributed by atoms with Crippen molar-refractivity contribution in [2.24, 2.45) is 0 Å². The molecule has 0 aliphatic carbocycles. The van der Waals surface area contributed by atoms with E-state index >= 15 is 0 Å². The van der Waals surface area contributed by atoms with E-state index in [0.29, 0.717) is 13.0 Å². The number of aryl methyl sites for hydroxylation is 1. The van der Waals surface area contributed by atoms with E-state index in [1.165, 1.54) is 0 Å². The number of H-pyrrole nitrogens is 1. The van der Waals surface area contributed by atoms with Crippen LogP contribution in [-0.2, 0) is 11.2 Å². The molecule has 0 spiro atoms. The highest BCUT2D eigenvalue weighted by molar-refractivity contribution is 5.90. The van der Waals surface area contributed by atoms with E-state index in [9.17, 15) is 4.79 Å². The summed E-state index contributed by atoms with van der Waals surface area (Å²) in [6.07, 6.45) is 3.08. The van der Waals surface area contributed by atoms with Crippen molar-refractivity contribution in [1.29, 1.82) is 0 Å². The summed E-state index contributed by atoms with van der Waals surface area (Å²) >= 11 is 0. The summed E-state index contributed by atoms with van der Waals surface area (Å²) in [5.41, 5.74) is 3.21. The minimum absolute atomic E-state index is 0.0573. The smallest absolute Gasteiger partial charge is 0.224 e. The standard InChI is InChI=1S/C16H22N2O2/c1-12-14(13-7-3-4-8-15(13)18-12)11-16(20)17-9-5-2-6-10-19/h3-4,7-8,18-19H,2,5-6,9-11H2,1H3,(H,17,20). The molecule has 4 heteroatoms. The quantitative estimate of drug-likeness (QED) is 0.678. The van der Waals surface area contributed by atoms with Crippen molar-refractivity contribution in [2.45, 2.75) is 32.6 Å². The number of fused-ring (bicyclic) bond motifs is 1. The molecule has 3 N–H and O–H groups in total. The topological polar surface area (TPSA) is 65.1 Å². The predicted octanol–water partition coefficient (Wildman–Crippen LogP) is 2.30. The largest absolute Gasteiger partial charge is 0.396 e. The van der Waals surface area contributed by atoms with Crippen LogP contribution in [0.1, 0.15) is 30.5 Å². The number of aromatic nitrogens is 1. The highest BCUT2D eigenvalue weighted by Gasteiger charge is 2.11. The Hall–Kier alpha value is -1.81. The Kier molecular flexibility index (Phi) is 5.18. The molecule has 0 aliphatic heterocycles. The van der Waals surface area contributed by atoms with Crippen LogP contribution in [0.15, 0.2) is 24.3 Å². The molecule has 20 heavy (non-hydrogen) atoms. The van der Waals surface area contributed by atoms with Gasteiger partial charge in [-0.3, -0.25) is 4.79 Å². The first-order chi connectivity index (χ1) is 9.72. The molecule has 0 saturated carbocycles. The fourth-order valence-corrected chi connectivity index (χ4v) is 2.43. The Morgan fingerprint density at radius 3 is 2.85 bits per heavy atom. The van der Waals surface area contributed by atoms with E-state index in [0.717, 1.165) is 41.4 Å². The van der Waals surface area contributed by atoms with Crippen molar-refractivity contribution in [3.05, 3.63) is 35.5 Å². The second-order valence-corrected chi connectivity index (χ2v) is 5.09. The van der Waals surface area contributed by atoms with E-state index < -0.39 is 0 Å². The van der Waals surface area contributed by atoms with Crippen molar-refractivity contribution >= 4 is 16.8 Å². The van der Waals surface area contributed by atoms with Gasteiger partial charge in [-0.05, 0) is 37.8 Å². The van der Waals surface area contributed by atoms with Gasteiger partial charge in [0, 0.05) is 29.7 Å². The molecule has 1 amide bonds. The molecule has 0 fully saturated rings. The summed E-state index contributed by atoms with van der Waals surface area (Å²) in [5, 5.41) is 12.7. The van der Waals surface area contributed by atoms with E-state index in [1.807, 2.05) is 31.2 Å². The Bertz CT molecular complexity index is 575. The zero-order chi connectivity index (χ0) is 14.4. The van der Waals surface area contributed by atoms with Gasteiger partial charge in [-0.15, -0.1) is 0 Å². The lowest BCUT2D eigenvalue weighted by Crippen LogP contribution is -2.26. The second kappa shape index (κ2) is 7.10. The maximum atomic E-state index is 12.0. The molecule has 0 radical (unpaired) electrons. The molecular formula is C16H22N2O2. The number of para-hydroxylation sites is 1. The van der Waals surface area contributed by atoms with Crippen LogP contribution in [0.4, 0.5) is 0 Å². The summed E-state index contributed by atoms with van der Waals surface area (Å²) in [6.45, 7) is 2.91. The number of nitrogens with one attached hydrogen (secondary N) is 2. The van der Waals surface area contributed by atoms with Crippen molar-refractivity contribution in [3.63, 3.8) is 0 Å². The first kappa shape index (κ1) is 14.6. The molecule has 1 heterocycles. The van der Waals surface area contributed by atoms with E-state index in [2.05, 4.69) is 10.3 Å². The Morgan fingerprint density at radius 1 is 1.25 bits per heavy atom. The molecular weight excluding hydrogens is 252 g/mol. The minimum Gasteiger partial charge on any atom is -0.396 e. The number of benzene rings is 1. The van der Waals surface area contributed by atoms with E-state index in [-0.39, 0.29) is 12.5 Å². The van der Waals surface area contributed by atoms with Gasteiger partial charge in [-0.2, -0.15) is 0 Å². The number of aromatic amines is 1. The molecule has 2 rings (SSSR count). The lowest BCUT2D eigenvalue weighted by atomic mass is 10.1. The van der Waals surface area contributed by atoms with Gasteiger partial charge in [0.15, 0.2) is 0 Å². The third kappa shape index (κ3) is 3.61. The first-order valence-corrected chi connectivity index (χ1v) is 7.16. The van der Waals surface area contributed by atoms with Crippen LogP contribution >= 0.6 is 0 Å². The van der Waals surface area contributed by atoms with Gasteiger partial charge in [-0.25, -0.2) is 0 Å². The lowest BCUT2D eigenvalue weighted by molar-refractivity contribution is -0.120. The average Bonchev–Trinajstić information content (AvgIpc) is 2.75. The maximum Gasteiger partial charge on any atom is 0.224 e. The highest BCUT2D eigenvalue weighted by atomic mass is 16.2. The molecule has 0 unspecified atom stereocenters. The number of carbonyl (C=O) groups is 1. The average molecular weight is 274 g/mol. The van der Waals surface area contributed by atoms with Crippen molar-refractivity contribution in [2.75, 3.05) is 13.2 Å². The minimum atomic E-state index is 0.0573. The number of rotatable bonds is 7. The molecule has 1 aromatic heterocycles. The molecule has 0 atom stereocenters. The number of hydrogen-bond acceptors (Lipinski definition) is 2. The zero-order valence-corrected chi connectivity index (χ0v) is 11.9. The molecule has 4 nitrogen and oxygen atoms in total. The first-order valence-electron chi connectivity index (χ1n) is 7.16. The number of amides is 1. The van der Waals surface area contributed by atoms with Crippen molar-refractivity contribution in [1.82, 2.24) is 10.3 Å². The maximum absolute atomic E-state index is 12.0. The van der Waals surface area contributed by atoms with Crippen LogP contribution < -0.4 is 5.32 Å². The number of unbranched alkanes of at least 4 members (excludes halogenated alkanes) is 2. The van der Waals surface area contributed by atoms with Gasteiger partial charge in [0.25, 0.3) is 0 Å². The van der Waals surface area contributed by atoms with Crippen LogP contribution in [0, 0.1) is 6.92 Å². The Labute approximate surface area is 119 Å². The number of aliphatic hydroxyl groups excluding tert-OH is 1. The summed E-state index contributed by atoms with van der Waals surface area (Å²) in [6, 6.07) is 8.05. The van der Waals surface area contributed by atoms with Crippen molar-refractivity contribution < 1.29 is 9.90 Å². The Morgan fingerprint density at radius 2 is 2.05 bits per heavy atom. The fraction of sp³-hybridized carbons (Fsp3) is 0.438. The van der Waals surface area contributed by atoms with Crippen LogP contribution in [0.25, 0.3) is 10.9 Å².